The third-order valence-corrected chi connectivity index (χ3v) is 14.6. The number of aryl methyl sites for hydroxylation is 1. The highest BCUT2D eigenvalue weighted by atomic mass is 35.5. The number of hydrogen-bond donors (Lipinski definition) is 3. The Balaban J connectivity index is 0.933. The predicted molar refractivity (Wildman–Crippen MR) is 255 cm³/mol. The van der Waals surface area contributed by atoms with E-state index in [1.54, 1.807) is 20.4 Å². The number of aromatic nitrogens is 2. The van der Waals surface area contributed by atoms with Crippen molar-refractivity contribution in [3.8, 4) is 11.5 Å². The summed E-state index contributed by atoms with van der Waals surface area (Å²) in [6.07, 6.45) is 0.230. The van der Waals surface area contributed by atoms with Gasteiger partial charge in [-0.25, -0.2) is 4.98 Å². The van der Waals surface area contributed by atoms with Crippen molar-refractivity contribution in [3.05, 3.63) is 82.0 Å². The Bertz CT molecular complexity index is 2490. The SMILES string of the molecule is CCc1cc(Nc2ncc(Cl)c(Nc3ccccc3P(C)(C)=O)n2)c(OC)cc1N1CCC(N2CCN(CCOc3cc(C(F)(F)F)cc4c3CN(C(CCC=O)C(=O)NC)C4=O)CC2)CC1. The van der Waals surface area contributed by atoms with Crippen molar-refractivity contribution in [2.75, 3.05) is 95.4 Å². The number of rotatable bonds is 18. The molecule has 0 spiro atoms. The van der Waals surface area contributed by atoms with Gasteiger partial charge in [-0.2, -0.15) is 18.2 Å². The Labute approximate surface area is 394 Å². The molecule has 3 aliphatic rings. The number of nitrogens with one attached hydrogen (secondary N) is 3. The molecular weight excluding hydrogens is 910 g/mol. The van der Waals surface area contributed by atoms with Crippen LogP contribution in [0.4, 0.5) is 42.0 Å². The van der Waals surface area contributed by atoms with Gasteiger partial charge in [0.05, 0.1) is 36.8 Å². The van der Waals surface area contributed by atoms with E-state index in [9.17, 15) is 32.1 Å². The van der Waals surface area contributed by atoms with Gasteiger partial charge >= 0.3 is 6.18 Å². The summed E-state index contributed by atoms with van der Waals surface area (Å²) in [5, 5.41) is 10.1. The van der Waals surface area contributed by atoms with E-state index < -0.39 is 36.7 Å². The maximum Gasteiger partial charge on any atom is 0.416 e. The number of nitrogens with zero attached hydrogens (tertiary/aromatic N) is 6. The van der Waals surface area contributed by atoms with Gasteiger partial charge in [0.2, 0.25) is 11.9 Å². The number of piperazine rings is 1. The van der Waals surface area contributed by atoms with Crippen LogP contribution in [-0.2, 0) is 33.3 Å². The summed E-state index contributed by atoms with van der Waals surface area (Å²) in [6, 6.07) is 12.6. The number of likely N-dealkylation sites (N-methyl/N-ethyl adjacent to an activating group) is 1. The number of hydrogen-bond acceptors (Lipinski definition) is 13. The molecule has 4 heterocycles. The number of anilines is 5. The molecule has 2 amide bonds. The molecule has 15 nitrogen and oxygen atoms in total. The van der Waals surface area contributed by atoms with E-state index >= 15 is 0 Å². The minimum atomic E-state index is -4.72. The van der Waals surface area contributed by atoms with Gasteiger partial charge in [0.15, 0.2) is 5.82 Å². The zero-order valence-electron chi connectivity index (χ0n) is 38.4. The fraction of sp³-hybridized carbons (Fsp3) is 0.468. The Kier molecular flexibility index (Phi) is 15.7. The van der Waals surface area contributed by atoms with Gasteiger partial charge in [0.1, 0.15) is 42.6 Å². The van der Waals surface area contributed by atoms with Crippen molar-refractivity contribution in [2.45, 2.75) is 63.8 Å². The summed E-state index contributed by atoms with van der Waals surface area (Å²) in [5.74, 6) is 0.0864. The largest absolute Gasteiger partial charge is 0.494 e. The van der Waals surface area contributed by atoms with Crippen LogP contribution in [-0.4, -0.2) is 135 Å². The topological polar surface area (TPSA) is 162 Å². The fourth-order valence-electron chi connectivity index (χ4n) is 9.14. The second-order valence-corrected chi connectivity index (χ2v) is 20.9. The normalized spacial score (nSPS) is 16.7. The van der Waals surface area contributed by atoms with Crippen LogP contribution in [0.1, 0.15) is 59.7 Å². The van der Waals surface area contributed by atoms with Crippen molar-refractivity contribution in [2.24, 2.45) is 0 Å². The van der Waals surface area contributed by atoms with E-state index in [4.69, 9.17) is 21.1 Å². The Hall–Kier alpha value is -5.42. The summed E-state index contributed by atoms with van der Waals surface area (Å²) < 4.78 is 66.9. The number of piperidine rings is 1. The molecule has 0 radical (unpaired) electrons. The molecule has 0 saturated carbocycles. The third kappa shape index (κ3) is 11.5. The molecule has 67 heavy (non-hydrogen) atoms. The number of fused-ring (bicyclic) bond motifs is 1. The second kappa shape index (κ2) is 21.3. The number of aldehydes is 1. The summed E-state index contributed by atoms with van der Waals surface area (Å²) in [4.78, 5) is 54.7. The van der Waals surface area contributed by atoms with E-state index in [1.807, 2.05) is 24.3 Å². The highest BCUT2D eigenvalue weighted by molar-refractivity contribution is 7.70. The molecule has 7 rings (SSSR count). The number of para-hydroxylation sites is 1. The maximum atomic E-state index is 14.0. The van der Waals surface area contributed by atoms with Gasteiger partial charge in [-0.3, -0.25) is 19.4 Å². The van der Waals surface area contributed by atoms with Crippen molar-refractivity contribution in [1.82, 2.24) is 30.0 Å². The van der Waals surface area contributed by atoms with Gasteiger partial charge in [-0.15, -0.1) is 0 Å². The molecule has 1 atom stereocenters. The third-order valence-electron chi connectivity index (χ3n) is 12.7. The van der Waals surface area contributed by atoms with Crippen LogP contribution in [0.25, 0.3) is 0 Å². The minimum Gasteiger partial charge on any atom is -0.494 e. The average Bonchev–Trinajstić information content (AvgIpc) is 3.65. The second-order valence-electron chi connectivity index (χ2n) is 17.3. The number of carbonyl (C=O) groups is 3. The molecular formula is C47H58ClF3N9O6P. The monoisotopic (exact) mass is 967 g/mol. The van der Waals surface area contributed by atoms with Crippen LogP contribution in [0, 0.1) is 0 Å². The van der Waals surface area contributed by atoms with Crippen molar-refractivity contribution < 1.29 is 41.6 Å². The van der Waals surface area contributed by atoms with Gasteiger partial charge in [-0.05, 0) is 74.9 Å². The molecule has 0 bridgehead atoms. The zero-order valence-corrected chi connectivity index (χ0v) is 40.1. The number of halogens is 4. The Morgan fingerprint density at radius 2 is 1.75 bits per heavy atom. The number of alkyl halides is 3. The molecule has 2 fully saturated rings. The number of benzene rings is 3. The van der Waals surface area contributed by atoms with E-state index in [-0.39, 0.29) is 37.3 Å². The smallest absolute Gasteiger partial charge is 0.416 e. The first-order valence-corrected chi connectivity index (χ1v) is 25.5. The lowest BCUT2D eigenvalue weighted by Gasteiger charge is -2.43. The highest BCUT2D eigenvalue weighted by Crippen LogP contribution is 2.42. The molecule has 3 aliphatic heterocycles. The first kappa shape index (κ1) is 49.5. The highest BCUT2D eigenvalue weighted by Gasteiger charge is 2.41. The number of ether oxygens (including phenoxy) is 2. The van der Waals surface area contributed by atoms with E-state index in [2.05, 4.69) is 59.7 Å². The van der Waals surface area contributed by atoms with Crippen LogP contribution in [0.3, 0.4) is 0 Å². The summed E-state index contributed by atoms with van der Waals surface area (Å²) >= 11 is 6.52. The lowest BCUT2D eigenvalue weighted by atomic mass is 9.99. The minimum absolute atomic E-state index is 0.0119. The summed E-state index contributed by atoms with van der Waals surface area (Å²) in [7, 11) is 0.446. The molecule has 1 unspecified atom stereocenters. The van der Waals surface area contributed by atoms with Crippen LogP contribution in [0.2, 0.25) is 5.02 Å². The van der Waals surface area contributed by atoms with Crippen molar-refractivity contribution in [3.63, 3.8) is 0 Å². The summed E-state index contributed by atoms with van der Waals surface area (Å²) in [6.45, 7) is 11.0. The molecule has 2 saturated heterocycles. The van der Waals surface area contributed by atoms with Gasteiger partial charge in [0, 0.05) is 93.5 Å². The average molecular weight is 968 g/mol. The van der Waals surface area contributed by atoms with E-state index in [1.165, 1.54) is 18.1 Å². The molecule has 4 aromatic rings. The van der Waals surface area contributed by atoms with Gasteiger partial charge in [0.25, 0.3) is 5.91 Å². The standard InChI is InChI=1S/C47H58ClF3N9O6P/c1-6-30-24-37(55-46-53-28-35(48)43(56-46)54-36-10-7-8-12-42(36)67(4,5)64)41(65-3)27-39(30)59-15-13-32(14-16-59)58-19-17-57(18-20-58)21-23-66-40-26-31(47(49,50)51)25-33-34(40)29-60(45(33)63)38(11-9-22-61)44(62)52-2/h7-8,10,12,22,24-28,32,38H,6,9,11,13-21,23,29H2,1-5H3,(H,52,62)(H2,53,54,55,56). The fourth-order valence-corrected chi connectivity index (χ4v) is 10.4. The number of carbonyl (C=O) groups excluding carboxylic acids is 3. The first-order chi connectivity index (χ1) is 32.0. The molecule has 20 heteroatoms. The van der Waals surface area contributed by atoms with Gasteiger partial charge in [-0.1, -0.05) is 30.7 Å². The summed E-state index contributed by atoms with van der Waals surface area (Å²) in [5.41, 5.74) is 2.77. The van der Waals surface area contributed by atoms with Crippen LogP contribution in [0.5, 0.6) is 11.5 Å². The van der Waals surface area contributed by atoms with Crippen LogP contribution in [0.15, 0.2) is 54.7 Å². The quantitative estimate of drug-likeness (QED) is 0.0681. The first-order valence-electron chi connectivity index (χ1n) is 22.5. The molecule has 3 aromatic carbocycles. The van der Waals surface area contributed by atoms with Crippen molar-refractivity contribution >= 4 is 71.0 Å². The van der Waals surface area contributed by atoms with E-state index in [0.29, 0.717) is 63.7 Å². The Morgan fingerprint density at radius 1 is 1.01 bits per heavy atom. The molecule has 3 N–H and O–H groups in total. The Morgan fingerprint density at radius 3 is 2.40 bits per heavy atom. The number of amides is 2. The van der Waals surface area contributed by atoms with Crippen molar-refractivity contribution in [1.29, 1.82) is 0 Å². The maximum absolute atomic E-state index is 14.0. The van der Waals surface area contributed by atoms with Gasteiger partial charge < -0.3 is 44.6 Å². The lowest BCUT2D eigenvalue weighted by molar-refractivity contribution is -0.137. The molecule has 0 aliphatic carbocycles. The number of methoxy groups -OCH3 is 1. The van der Waals surface area contributed by atoms with Crippen LogP contribution < -0.4 is 35.6 Å². The predicted octanol–water partition coefficient (Wildman–Crippen LogP) is 7.17. The molecule has 1 aromatic heterocycles. The lowest BCUT2D eigenvalue weighted by Crippen LogP contribution is -2.53. The molecule has 360 valence electrons. The van der Waals surface area contributed by atoms with Crippen LogP contribution >= 0.6 is 18.7 Å². The zero-order chi connectivity index (χ0) is 48.0. The van der Waals surface area contributed by atoms with E-state index in [0.717, 1.165) is 81.9 Å².